The molecule has 2 aromatic rings. The first-order valence-electron chi connectivity index (χ1n) is 4.86. The van der Waals surface area contributed by atoms with Crippen molar-refractivity contribution >= 4 is 0 Å². The molecule has 6 heteroatoms. The molecular formula is C11H7F2NO3. The van der Waals surface area contributed by atoms with E-state index < -0.39 is 6.29 Å². The molecule has 0 spiro atoms. The Labute approximate surface area is 94.8 Å². The van der Waals surface area contributed by atoms with Crippen LogP contribution in [0.4, 0.5) is 8.78 Å². The van der Waals surface area contributed by atoms with Gasteiger partial charge in [0.25, 0.3) is 0 Å². The van der Waals surface area contributed by atoms with Gasteiger partial charge in [-0.05, 0) is 18.2 Å². The Balaban J connectivity index is 2.01. The van der Waals surface area contributed by atoms with Crippen molar-refractivity contribution in [3.63, 3.8) is 0 Å². The molecule has 17 heavy (non-hydrogen) atoms. The van der Waals surface area contributed by atoms with Gasteiger partial charge >= 0.3 is 6.29 Å². The van der Waals surface area contributed by atoms with Crippen molar-refractivity contribution in [1.82, 2.24) is 4.98 Å². The summed E-state index contributed by atoms with van der Waals surface area (Å²) in [5.41, 5.74) is 0.602. The van der Waals surface area contributed by atoms with Crippen molar-refractivity contribution in [3.05, 3.63) is 30.3 Å². The lowest BCUT2D eigenvalue weighted by Crippen LogP contribution is -2.25. The number of halogens is 2. The van der Waals surface area contributed by atoms with E-state index in [4.69, 9.17) is 4.42 Å². The fourth-order valence-electron chi connectivity index (χ4n) is 1.60. The van der Waals surface area contributed by atoms with E-state index in [2.05, 4.69) is 14.5 Å². The van der Waals surface area contributed by atoms with Crippen molar-refractivity contribution in [1.29, 1.82) is 0 Å². The molecule has 0 saturated carbocycles. The minimum Gasteiger partial charge on any atom is -0.441 e. The highest BCUT2D eigenvalue weighted by atomic mass is 19.3. The van der Waals surface area contributed by atoms with Gasteiger partial charge in [0.1, 0.15) is 0 Å². The Morgan fingerprint density at radius 1 is 1.18 bits per heavy atom. The van der Waals surface area contributed by atoms with E-state index in [1.807, 2.05) is 0 Å². The number of rotatable bonds is 1. The third kappa shape index (κ3) is 1.71. The predicted octanol–water partition coefficient (Wildman–Crippen LogP) is 2.97. The van der Waals surface area contributed by atoms with E-state index in [-0.39, 0.29) is 11.5 Å². The summed E-state index contributed by atoms with van der Waals surface area (Å²) in [5.74, 6) is 0.989. The lowest BCUT2D eigenvalue weighted by Gasteiger charge is -2.04. The molecule has 0 saturated heterocycles. The summed E-state index contributed by atoms with van der Waals surface area (Å²) >= 11 is 0. The molecule has 1 aromatic heterocycles. The van der Waals surface area contributed by atoms with E-state index in [9.17, 15) is 8.78 Å². The third-order valence-corrected chi connectivity index (χ3v) is 2.31. The van der Waals surface area contributed by atoms with Gasteiger partial charge in [-0.25, -0.2) is 4.98 Å². The summed E-state index contributed by atoms with van der Waals surface area (Å²) in [6.45, 7) is 1.70. The first kappa shape index (κ1) is 10.1. The molecule has 0 radical (unpaired) electrons. The van der Waals surface area contributed by atoms with E-state index in [1.165, 1.54) is 18.3 Å². The smallest absolute Gasteiger partial charge is 0.441 e. The van der Waals surface area contributed by atoms with Crippen LogP contribution in [-0.4, -0.2) is 11.3 Å². The summed E-state index contributed by atoms with van der Waals surface area (Å²) in [6.07, 6.45) is -2.08. The number of nitrogens with zero attached hydrogens (tertiary/aromatic N) is 1. The summed E-state index contributed by atoms with van der Waals surface area (Å²) in [5, 5.41) is 0. The molecule has 2 heterocycles. The van der Waals surface area contributed by atoms with Gasteiger partial charge in [-0.1, -0.05) is 0 Å². The highest BCUT2D eigenvalue weighted by Gasteiger charge is 2.43. The first-order chi connectivity index (χ1) is 8.03. The third-order valence-electron chi connectivity index (χ3n) is 2.31. The molecule has 0 N–H and O–H groups in total. The Kier molecular flexibility index (Phi) is 1.89. The highest BCUT2D eigenvalue weighted by Crippen LogP contribution is 2.42. The van der Waals surface area contributed by atoms with Crippen LogP contribution in [-0.2, 0) is 0 Å². The zero-order chi connectivity index (χ0) is 12.0. The molecule has 0 bridgehead atoms. The molecular weight excluding hydrogens is 232 g/mol. The van der Waals surface area contributed by atoms with Crippen LogP contribution in [0.15, 0.2) is 28.8 Å². The van der Waals surface area contributed by atoms with Gasteiger partial charge in [-0.15, -0.1) is 8.78 Å². The minimum absolute atomic E-state index is 0.00925. The quantitative estimate of drug-likeness (QED) is 0.767. The number of oxazole rings is 1. The zero-order valence-corrected chi connectivity index (χ0v) is 8.74. The standard InChI is InChI=1S/C11H7F2NO3/c1-6-14-5-10(15-6)7-2-3-8-9(4-7)17-11(12,13)16-8/h2-5H,1H3. The van der Waals surface area contributed by atoms with Gasteiger partial charge in [0, 0.05) is 12.5 Å². The maximum atomic E-state index is 12.8. The van der Waals surface area contributed by atoms with Gasteiger partial charge < -0.3 is 13.9 Å². The normalized spacial score (nSPS) is 16.2. The van der Waals surface area contributed by atoms with E-state index in [0.717, 1.165) is 0 Å². The van der Waals surface area contributed by atoms with Crippen LogP contribution in [0.2, 0.25) is 0 Å². The average molecular weight is 239 g/mol. The summed E-state index contributed by atoms with van der Waals surface area (Å²) in [4.78, 5) is 3.93. The number of hydrogen-bond donors (Lipinski definition) is 0. The summed E-state index contributed by atoms with van der Waals surface area (Å²) in [6, 6.07) is 4.43. The summed E-state index contributed by atoms with van der Waals surface area (Å²) in [7, 11) is 0. The predicted molar refractivity (Wildman–Crippen MR) is 52.9 cm³/mol. The van der Waals surface area contributed by atoms with Crippen LogP contribution >= 0.6 is 0 Å². The van der Waals surface area contributed by atoms with Gasteiger partial charge in [0.15, 0.2) is 23.1 Å². The van der Waals surface area contributed by atoms with Crippen LogP contribution in [0.25, 0.3) is 11.3 Å². The molecule has 0 unspecified atom stereocenters. The SMILES string of the molecule is Cc1ncc(-c2ccc3c(c2)OC(F)(F)O3)o1. The fraction of sp³-hybridized carbons (Fsp3) is 0.182. The second kappa shape index (κ2) is 3.19. The van der Waals surface area contributed by atoms with Gasteiger partial charge in [-0.2, -0.15) is 0 Å². The number of hydrogen-bond acceptors (Lipinski definition) is 4. The first-order valence-corrected chi connectivity index (χ1v) is 4.86. The molecule has 0 atom stereocenters. The van der Waals surface area contributed by atoms with Crippen LogP contribution in [0, 0.1) is 6.92 Å². The van der Waals surface area contributed by atoms with Gasteiger partial charge in [0.2, 0.25) is 0 Å². The molecule has 3 rings (SSSR count). The average Bonchev–Trinajstić information content (AvgIpc) is 2.78. The maximum Gasteiger partial charge on any atom is 0.586 e. The summed E-state index contributed by atoms with van der Waals surface area (Å²) < 4.78 is 39.5. The Hall–Kier alpha value is -2.11. The number of alkyl halides is 2. The van der Waals surface area contributed by atoms with Crippen molar-refractivity contribution in [3.8, 4) is 22.8 Å². The molecule has 0 amide bonds. The number of fused-ring (bicyclic) bond motifs is 1. The van der Waals surface area contributed by atoms with E-state index in [1.54, 1.807) is 13.0 Å². The van der Waals surface area contributed by atoms with E-state index in [0.29, 0.717) is 17.2 Å². The molecule has 4 nitrogen and oxygen atoms in total. The van der Waals surface area contributed by atoms with Crippen molar-refractivity contribution < 1.29 is 22.7 Å². The lowest BCUT2D eigenvalue weighted by atomic mass is 10.1. The van der Waals surface area contributed by atoms with Crippen LogP contribution in [0.1, 0.15) is 5.89 Å². The largest absolute Gasteiger partial charge is 0.586 e. The second-order valence-electron chi connectivity index (χ2n) is 3.57. The minimum atomic E-state index is -3.60. The van der Waals surface area contributed by atoms with Crippen LogP contribution in [0.5, 0.6) is 11.5 Å². The van der Waals surface area contributed by atoms with Crippen LogP contribution < -0.4 is 9.47 Å². The van der Waals surface area contributed by atoms with Crippen molar-refractivity contribution in [2.24, 2.45) is 0 Å². The number of benzene rings is 1. The second-order valence-corrected chi connectivity index (χ2v) is 3.57. The number of aryl methyl sites for hydroxylation is 1. The van der Waals surface area contributed by atoms with Gasteiger partial charge in [-0.3, -0.25) is 0 Å². The maximum absolute atomic E-state index is 12.8. The molecule has 1 aromatic carbocycles. The number of aromatic nitrogens is 1. The zero-order valence-electron chi connectivity index (χ0n) is 8.74. The Bertz CT molecular complexity index is 580. The molecule has 1 aliphatic rings. The Morgan fingerprint density at radius 2 is 1.94 bits per heavy atom. The number of ether oxygens (including phenoxy) is 2. The monoisotopic (exact) mass is 239 g/mol. The molecule has 0 fully saturated rings. The molecule has 1 aliphatic heterocycles. The Morgan fingerprint density at radius 3 is 2.65 bits per heavy atom. The van der Waals surface area contributed by atoms with Crippen molar-refractivity contribution in [2.45, 2.75) is 13.2 Å². The van der Waals surface area contributed by atoms with Crippen LogP contribution in [0.3, 0.4) is 0 Å². The molecule has 88 valence electrons. The van der Waals surface area contributed by atoms with Gasteiger partial charge in [0.05, 0.1) is 6.20 Å². The van der Waals surface area contributed by atoms with Crippen molar-refractivity contribution in [2.75, 3.05) is 0 Å². The topological polar surface area (TPSA) is 44.5 Å². The lowest BCUT2D eigenvalue weighted by molar-refractivity contribution is -0.286. The molecule has 0 aliphatic carbocycles. The van der Waals surface area contributed by atoms with E-state index >= 15 is 0 Å². The highest BCUT2D eigenvalue weighted by molar-refractivity contribution is 5.62. The fourth-order valence-corrected chi connectivity index (χ4v) is 1.60.